The topological polar surface area (TPSA) is 75.6 Å². The van der Waals surface area contributed by atoms with Gasteiger partial charge in [-0.3, -0.25) is 19.9 Å². The van der Waals surface area contributed by atoms with Crippen LogP contribution in [0.1, 0.15) is 19.4 Å². The van der Waals surface area contributed by atoms with Crippen LogP contribution in [0.4, 0.5) is 11.4 Å². The van der Waals surface area contributed by atoms with Crippen LogP contribution in [0.15, 0.2) is 18.2 Å². The summed E-state index contributed by atoms with van der Waals surface area (Å²) in [6.45, 7) is 7.92. The van der Waals surface area contributed by atoms with Gasteiger partial charge in [0, 0.05) is 49.5 Å². The summed E-state index contributed by atoms with van der Waals surface area (Å²) in [5.74, 6) is 0. The number of nitrogens with two attached hydrogens (primary N) is 1. The van der Waals surface area contributed by atoms with Crippen molar-refractivity contribution in [3.05, 3.63) is 33.9 Å². The Morgan fingerprint density at radius 3 is 2.70 bits per heavy atom. The van der Waals surface area contributed by atoms with Crippen LogP contribution in [0, 0.1) is 10.1 Å². The zero-order valence-corrected chi connectivity index (χ0v) is 12.3. The van der Waals surface area contributed by atoms with Gasteiger partial charge in [-0.15, -0.1) is 0 Å². The van der Waals surface area contributed by atoms with Crippen molar-refractivity contribution in [2.24, 2.45) is 0 Å². The highest BCUT2D eigenvalue weighted by Gasteiger charge is 2.31. The van der Waals surface area contributed by atoms with E-state index in [2.05, 4.69) is 30.7 Å². The molecule has 1 aliphatic heterocycles. The quantitative estimate of drug-likeness (QED) is 0.517. The van der Waals surface area contributed by atoms with Crippen LogP contribution in [0.3, 0.4) is 0 Å². The van der Waals surface area contributed by atoms with Crippen LogP contribution < -0.4 is 5.73 Å². The van der Waals surface area contributed by atoms with Gasteiger partial charge in [-0.2, -0.15) is 0 Å². The molecule has 0 aromatic heterocycles. The van der Waals surface area contributed by atoms with Crippen molar-refractivity contribution in [3.8, 4) is 0 Å². The average Bonchev–Trinajstić information content (AvgIpc) is 2.36. The molecule has 0 atom stereocenters. The number of non-ortho nitro benzene ring substituents is 1. The number of nitro benzene ring substituents is 1. The van der Waals surface area contributed by atoms with Crippen LogP contribution in [-0.2, 0) is 6.54 Å². The van der Waals surface area contributed by atoms with E-state index >= 15 is 0 Å². The minimum absolute atomic E-state index is 0.0996. The molecule has 2 N–H and O–H groups in total. The summed E-state index contributed by atoms with van der Waals surface area (Å²) >= 11 is 0. The second-order valence-electron chi connectivity index (χ2n) is 6.08. The first-order valence-corrected chi connectivity index (χ1v) is 6.76. The molecule has 0 bridgehead atoms. The summed E-state index contributed by atoms with van der Waals surface area (Å²) in [6.07, 6.45) is 0. The fourth-order valence-electron chi connectivity index (χ4n) is 2.56. The maximum absolute atomic E-state index is 10.8. The van der Waals surface area contributed by atoms with Gasteiger partial charge in [0.05, 0.1) is 4.92 Å². The Kier molecular flexibility index (Phi) is 3.96. The van der Waals surface area contributed by atoms with E-state index in [1.807, 2.05) is 0 Å². The molecule has 1 fully saturated rings. The predicted molar refractivity (Wildman–Crippen MR) is 79.5 cm³/mol. The molecular formula is C14H22N4O2. The number of piperazine rings is 1. The zero-order valence-electron chi connectivity index (χ0n) is 12.3. The number of likely N-dealkylation sites (N-methyl/N-ethyl adjacent to an activating group) is 1. The summed E-state index contributed by atoms with van der Waals surface area (Å²) in [6, 6.07) is 4.65. The van der Waals surface area contributed by atoms with E-state index in [0.29, 0.717) is 12.2 Å². The second-order valence-corrected chi connectivity index (χ2v) is 6.08. The molecular weight excluding hydrogens is 256 g/mol. The standard InChI is InChI=1S/C14H22N4O2/c1-14(2)10-17(7-6-16(14)3)9-11-8-12(18(19)20)4-5-13(11)15/h4-5,8H,6-7,9-10,15H2,1-3H3. The Labute approximate surface area is 119 Å². The van der Waals surface area contributed by atoms with E-state index in [1.54, 1.807) is 12.1 Å². The Morgan fingerprint density at radius 2 is 2.10 bits per heavy atom. The highest BCUT2D eigenvalue weighted by Crippen LogP contribution is 2.24. The van der Waals surface area contributed by atoms with Crippen LogP contribution in [-0.4, -0.2) is 46.9 Å². The van der Waals surface area contributed by atoms with E-state index in [-0.39, 0.29) is 16.1 Å². The number of rotatable bonds is 3. The first-order chi connectivity index (χ1) is 9.29. The van der Waals surface area contributed by atoms with Crippen molar-refractivity contribution < 1.29 is 4.92 Å². The van der Waals surface area contributed by atoms with Gasteiger partial charge in [-0.25, -0.2) is 0 Å². The number of nitrogen functional groups attached to an aromatic ring is 1. The number of hydrogen-bond donors (Lipinski definition) is 1. The lowest BCUT2D eigenvalue weighted by molar-refractivity contribution is -0.384. The second kappa shape index (κ2) is 5.38. The van der Waals surface area contributed by atoms with Gasteiger partial charge in [0.2, 0.25) is 0 Å². The normalized spacial score (nSPS) is 19.9. The van der Waals surface area contributed by atoms with Gasteiger partial charge in [0.1, 0.15) is 0 Å². The Morgan fingerprint density at radius 1 is 1.40 bits per heavy atom. The monoisotopic (exact) mass is 278 g/mol. The molecule has 0 spiro atoms. The molecule has 1 aromatic rings. The summed E-state index contributed by atoms with van der Waals surface area (Å²) in [4.78, 5) is 15.1. The predicted octanol–water partition coefficient (Wildman–Crippen LogP) is 1.70. The lowest BCUT2D eigenvalue weighted by Crippen LogP contribution is -2.57. The van der Waals surface area contributed by atoms with Crippen molar-refractivity contribution >= 4 is 11.4 Å². The van der Waals surface area contributed by atoms with Crippen LogP contribution in [0.2, 0.25) is 0 Å². The number of benzene rings is 1. The molecule has 110 valence electrons. The minimum Gasteiger partial charge on any atom is -0.398 e. The molecule has 6 nitrogen and oxygen atoms in total. The lowest BCUT2D eigenvalue weighted by Gasteiger charge is -2.45. The van der Waals surface area contributed by atoms with E-state index < -0.39 is 0 Å². The first-order valence-electron chi connectivity index (χ1n) is 6.76. The van der Waals surface area contributed by atoms with Crippen molar-refractivity contribution in [2.45, 2.75) is 25.9 Å². The third-order valence-corrected chi connectivity index (χ3v) is 4.13. The van der Waals surface area contributed by atoms with E-state index in [0.717, 1.165) is 25.2 Å². The van der Waals surface area contributed by atoms with Gasteiger partial charge in [0.15, 0.2) is 0 Å². The molecule has 1 aliphatic rings. The van der Waals surface area contributed by atoms with Crippen LogP contribution in [0.5, 0.6) is 0 Å². The molecule has 0 amide bonds. The summed E-state index contributed by atoms with van der Waals surface area (Å²) in [5, 5.41) is 10.8. The highest BCUT2D eigenvalue weighted by molar-refractivity contribution is 5.52. The largest absolute Gasteiger partial charge is 0.398 e. The lowest BCUT2D eigenvalue weighted by atomic mass is 9.99. The molecule has 0 unspecified atom stereocenters. The molecule has 20 heavy (non-hydrogen) atoms. The molecule has 0 saturated carbocycles. The molecule has 1 heterocycles. The molecule has 1 saturated heterocycles. The third kappa shape index (κ3) is 3.08. The summed E-state index contributed by atoms with van der Waals surface area (Å²) in [7, 11) is 2.12. The van der Waals surface area contributed by atoms with E-state index in [4.69, 9.17) is 5.73 Å². The number of hydrogen-bond acceptors (Lipinski definition) is 5. The molecule has 1 aromatic carbocycles. The Balaban J connectivity index is 2.14. The Bertz CT molecular complexity index is 516. The highest BCUT2D eigenvalue weighted by atomic mass is 16.6. The van der Waals surface area contributed by atoms with Crippen LogP contribution >= 0.6 is 0 Å². The van der Waals surface area contributed by atoms with Gasteiger partial charge in [-0.05, 0) is 32.5 Å². The number of anilines is 1. The van der Waals surface area contributed by atoms with Gasteiger partial charge in [0.25, 0.3) is 5.69 Å². The third-order valence-electron chi connectivity index (χ3n) is 4.13. The zero-order chi connectivity index (χ0) is 14.9. The van der Waals surface area contributed by atoms with E-state index in [1.165, 1.54) is 6.07 Å². The van der Waals surface area contributed by atoms with Crippen molar-refractivity contribution in [3.63, 3.8) is 0 Å². The maximum Gasteiger partial charge on any atom is 0.269 e. The van der Waals surface area contributed by atoms with Crippen molar-refractivity contribution in [2.75, 3.05) is 32.4 Å². The van der Waals surface area contributed by atoms with Crippen molar-refractivity contribution in [1.29, 1.82) is 0 Å². The fourth-order valence-corrected chi connectivity index (χ4v) is 2.56. The number of nitrogens with zero attached hydrogens (tertiary/aromatic N) is 3. The van der Waals surface area contributed by atoms with Crippen LogP contribution in [0.25, 0.3) is 0 Å². The first kappa shape index (κ1) is 14.7. The SMILES string of the molecule is CN1CCN(Cc2cc([N+](=O)[O-])ccc2N)CC1(C)C. The van der Waals surface area contributed by atoms with Gasteiger partial charge < -0.3 is 5.73 Å². The van der Waals surface area contributed by atoms with Gasteiger partial charge in [-0.1, -0.05) is 0 Å². The summed E-state index contributed by atoms with van der Waals surface area (Å²) < 4.78 is 0. The average molecular weight is 278 g/mol. The molecule has 0 aliphatic carbocycles. The van der Waals surface area contributed by atoms with Crippen molar-refractivity contribution in [1.82, 2.24) is 9.80 Å². The number of nitro groups is 1. The fraction of sp³-hybridized carbons (Fsp3) is 0.571. The maximum atomic E-state index is 10.8. The molecule has 2 rings (SSSR count). The Hall–Kier alpha value is -1.66. The summed E-state index contributed by atoms with van der Waals surface area (Å²) in [5.41, 5.74) is 7.60. The molecule has 6 heteroatoms. The molecule has 0 radical (unpaired) electrons. The van der Waals surface area contributed by atoms with Gasteiger partial charge >= 0.3 is 0 Å². The van der Waals surface area contributed by atoms with E-state index in [9.17, 15) is 10.1 Å². The minimum atomic E-state index is -0.378. The smallest absolute Gasteiger partial charge is 0.269 e.